The topological polar surface area (TPSA) is 71.2 Å². The Morgan fingerprint density at radius 1 is 1.17 bits per heavy atom. The molecule has 1 aliphatic carbocycles. The van der Waals surface area contributed by atoms with Crippen molar-refractivity contribution in [3.63, 3.8) is 0 Å². The van der Waals surface area contributed by atoms with E-state index in [1.807, 2.05) is 0 Å². The molecule has 0 unspecified atom stereocenters. The lowest BCUT2D eigenvalue weighted by Crippen LogP contribution is -2.30. The average molecular weight is 414 g/mol. The van der Waals surface area contributed by atoms with E-state index in [0.29, 0.717) is 37.1 Å². The summed E-state index contributed by atoms with van der Waals surface area (Å²) in [6.07, 6.45) is 0.172. The van der Waals surface area contributed by atoms with E-state index in [0.717, 1.165) is 12.8 Å². The van der Waals surface area contributed by atoms with Crippen LogP contribution in [0.5, 0.6) is 6.01 Å². The highest BCUT2D eigenvalue weighted by Crippen LogP contribution is 2.39. The molecule has 1 saturated heterocycles. The van der Waals surface area contributed by atoms with Crippen molar-refractivity contribution in [1.29, 1.82) is 0 Å². The average Bonchev–Trinajstić information content (AvgIpc) is 3.14. The third-order valence-electron chi connectivity index (χ3n) is 6.09. The molecule has 160 valence electrons. The molecule has 0 bridgehead atoms. The lowest BCUT2D eigenvalue weighted by atomic mass is 9.82. The molecule has 7 nitrogen and oxygen atoms in total. The van der Waals surface area contributed by atoms with Gasteiger partial charge in [-0.1, -0.05) is 0 Å². The Morgan fingerprint density at radius 2 is 1.86 bits per heavy atom. The zero-order chi connectivity index (χ0) is 20.6. The first-order valence-electron chi connectivity index (χ1n) is 10.1. The van der Waals surface area contributed by atoms with Crippen LogP contribution >= 0.6 is 0 Å². The number of hydrogen-bond acceptors (Lipinski definition) is 5. The van der Waals surface area contributed by atoms with Crippen LogP contribution in [-0.4, -0.2) is 45.3 Å². The summed E-state index contributed by atoms with van der Waals surface area (Å²) in [5.41, 5.74) is 0.236. The largest absolute Gasteiger partial charge is 0.464 e. The van der Waals surface area contributed by atoms with Gasteiger partial charge in [-0.2, -0.15) is 23.3 Å². The van der Waals surface area contributed by atoms with Gasteiger partial charge < -0.3 is 9.47 Å². The second-order valence-electron chi connectivity index (χ2n) is 8.00. The number of ether oxygens (including phenoxy) is 2. The third-order valence-corrected chi connectivity index (χ3v) is 6.09. The van der Waals surface area contributed by atoms with Crippen molar-refractivity contribution in [2.75, 3.05) is 19.8 Å². The molecule has 2 aromatic rings. The van der Waals surface area contributed by atoms with Gasteiger partial charge in [0.15, 0.2) is 5.65 Å². The third kappa shape index (κ3) is 4.12. The molecule has 2 aromatic heterocycles. The molecule has 2 aliphatic rings. The predicted molar refractivity (Wildman–Crippen MR) is 98.9 cm³/mol. The van der Waals surface area contributed by atoms with Crippen LogP contribution < -0.4 is 10.3 Å². The standard InChI is InChI=1S/C19H25F3N4O3/c1-25-17(27)15-10-23-26(14-6-8-28-9-7-14)16(15)24-18(25)29-11-12-2-4-13(5-3-12)19(20,21)22/h10,12-14H,2-9,11H2,1H3. The summed E-state index contributed by atoms with van der Waals surface area (Å²) < 4.78 is 52.8. The Bertz CT molecular complexity index is 910. The SMILES string of the molecule is Cn1c(OCC2CCC(C(F)(F)F)CC2)nc2c(cnn2C2CCOCC2)c1=O. The molecule has 0 radical (unpaired) electrons. The van der Waals surface area contributed by atoms with E-state index in [2.05, 4.69) is 10.1 Å². The molecule has 4 rings (SSSR count). The van der Waals surface area contributed by atoms with Crippen molar-refractivity contribution in [1.82, 2.24) is 19.3 Å². The van der Waals surface area contributed by atoms with Gasteiger partial charge >= 0.3 is 12.2 Å². The predicted octanol–water partition coefficient (Wildman–Crippen LogP) is 3.23. The number of nitrogens with zero attached hydrogens (tertiary/aromatic N) is 4. The van der Waals surface area contributed by atoms with E-state index in [9.17, 15) is 18.0 Å². The number of alkyl halides is 3. The molecule has 10 heteroatoms. The minimum atomic E-state index is -4.12. The van der Waals surface area contributed by atoms with Gasteiger partial charge in [0.25, 0.3) is 5.56 Å². The molecular weight excluding hydrogens is 389 g/mol. The fourth-order valence-electron chi connectivity index (χ4n) is 4.23. The van der Waals surface area contributed by atoms with Crippen molar-refractivity contribution in [2.45, 2.75) is 50.7 Å². The summed E-state index contributed by atoms with van der Waals surface area (Å²) in [6.45, 7) is 1.53. The smallest absolute Gasteiger partial charge is 0.391 e. The molecule has 1 aliphatic heterocycles. The summed E-state index contributed by atoms with van der Waals surface area (Å²) in [5.74, 6) is -1.19. The summed E-state index contributed by atoms with van der Waals surface area (Å²) in [5, 5.41) is 4.79. The van der Waals surface area contributed by atoms with Gasteiger partial charge in [-0.3, -0.25) is 9.36 Å². The highest BCUT2D eigenvalue weighted by Gasteiger charge is 2.41. The molecule has 1 saturated carbocycles. The first-order valence-corrected chi connectivity index (χ1v) is 10.1. The maximum absolute atomic E-state index is 12.8. The lowest BCUT2D eigenvalue weighted by molar-refractivity contribution is -0.184. The van der Waals surface area contributed by atoms with Crippen LogP contribution in [0.15, 0.2) is 11.0 Å². The zero-order valence-electron chi connectivity index (χ0n) is 16.3. The molecule has 0 N–H and O–H groups in total. The minimum absolute atomic E-state index is 0.0293. The van der Waals surface area contributed by atoms with Crippen LogP contribution in [0.4, 0.5) is 13.2 Å². The fraction of sp³-hybridized carbons (Fsp3) is 0.737. The molecular formula is C19H25F3N4O3. The maximum atomic E-state index is 12.8. The van der Waals surface area contributed by atoms with Gasteiger partial charge in [-0.05, 0) is 44.4 Å². The van der Waals surface area contributed by atoms with Gasteiger partial charge in [-0.25, -0.2) is 4.68 Å². The number of aromatic nitrogens is 4. The second kappa shape index (κ2) is 7.97. The maximum Gasteiger partial charge on any atom is 0.391 e. The van der Waals surface area contributed by atoms with Gasteiger partial charge in [-0.15, -0.1) is 0 Å². The van der Waals surface area contributed by atoms with Crippen LogP contribution in [-0.2, 0) is 11.8 Å². The molecule has 3 heterocycles. The first kappa shape index (κ1) is 20.2. The van der Waals surface area contributed by atoms with Crippen molar-refractivity contribution in [2.24, 2.45) is 18.9 Å². The summed E-state index contributed by atoms with van der Waals surface area (Å²) in [4.78, 5) is 17.2. The monoisotopic (exact) mass is 414 g/mol. The van der Waals surface area contributed by atoms with Crippen LogP contribution in [0.1, 0.15) is 44.6 Å². The molecule has 0 amide bonds. The van der Waals surface area contributed by atoms with Gasteiger partial charge in [0.1, 0.15) is 5.39 Å². The van der Waals surface area contributed by atoms with Gasteiger partial charge in [0, 0.05) is 20.3 Å². The van der Waals surface area contributed by atoms with E-state index < -0.39 is 12.1 Å². The second-order valence-corrected chi connectivity index (χ2v) is 8.00. The summed E-state index contributed by atoms with van der Waals surface area (Å²) in [6, 6.07) is 0.292. The Balaban J connectivity index is 1.49. The Hall–Kier alpha value is -2.10. The van der Waals surface area contributed by atoms with Crippen molar-refractivity contribution in [3.8, 4) is 6.01 Å². The van der Waals surface area contributed by atoms with E-state index in [-0.39, 0.29) is 43.0 Å². The van der Waals surface area contributed by atoms with E-state index in [1.165, 1.54) is 10.8 Å². The number of fused-ring (bicyclic) bond motifs is 1. The summed E-state index contributed by atoms with van der Waals surface area (Å²) >= 11 is 0. The quantitative estimate of drug-likeness (QED) is 0.768. The van der Waals surface area contributed by atoms with Gasteiger partial charge in [0.2, 0.25) is 0 Å². The van der Waals surface area contributed by atoms with Crippen LogP contribution in [0, 0.1) is 11.8 Å². The molecule has 29 heavy (non-hydrogen) atoms. The highest BCUT2D eigenvalue weighted by atomic mass is 19.4. The van der Waals surface area contributed by atoms with Crippen LogP contribution in [0.25, 0.3) is 11.0 Å². The van der Waals surface area contributed by atoms with E-state index >= 15 is 0 Å². The first-order chi connectivity index (χ1) is 13.8. The zero-order valence-corrected chi connectivity index (χ0v) is 16.3. The lowest BCUT2D eigenvalue weighted by Gasteiger charge is -2.29. The van der Waals surface area contributed by atoms with Crippen molar-refractivity contribution >= 4 is 11.0 Å². The Morgan fingerprint density at radius 3 is 2.52 bits per heavy atom. The number of hydrogen-bond donors (Lipinski definition) is 0. The van der Waals surface area contributed by atoms with E-state index in [1.54, 1.807) is 11.7 Å². The molecule has 0 atom stereocenters. The van der Waals surface area contributed by atoms with Crippen LogP contribution in [0.2, 0.25) is 0 Å². The number of rotatable bonds is 4. The Kier molecular flexibility index (Phi) is 5.54. The molecule has 2 fully saturated rings. The molecule has 0 aromatic carbocycles. The minimum Gasteiger partial charge on any atom is -0.464 e. The molecule has 0 spiro atoms. The fourth-order valence-corrected chi connectivity index (χ4v) is 4.23. The Labute approximate surface area is 165 Å². The normalized spacial score (nSPS) is 24.1. The van der Waals surface area contributed by atoms with Crippen LogP contribution in [0.3, 0.4) is 0 Å². The van der Waals surface area contributed by atoms with Crippen molar-refractivity contribution in [3.05, 3.63) is 16.6 Å². The van der Waals surface area contributed by atoms with E-state index in [4.69, 9.17) is 9.47 Å². The van der Waals surface area contributed by atoms with Gasteiger partial charge in [0.05, 0.1) is 24.8 Å². The highest BCUT2D eigenvalue weighted by molar-refractivity contribution is 5.73. The van der Waals surface area contributed by atoms with Crippen molar-refractivity contribution < 1.29 is 22.6 Å². The summed E-state index contributed by atoms with van der Waals surface area (Å²) in [7, 11) is 1.58. The number of halogens is 3.